The molecule has 0 unspecified atom stereocenters. The van der Waals surface area contributed by atoms with Crippen LogP contribution < -0.4 is 5.32 Å². The van der Waals surface area contributed by atoms with Crippen LogP contribution in [-0.2, 0) is 0 Å². The number of carbonyl (C=O) groups is 1. The average Bonchev–Trinajstić information content (AvgIpc) is 2.61. The second-order valence-electron chi connectivity index (χ2n) is 6.63. The summed E-state index contributed by atoms with van der Waals surface area (Å²) in [6, 6.07) is 7.24. The van der Waals surface area contributed by atoms with Gasteiger partial charge in [-0.05, 0) is 50.3 Å². The summed E-state index contributed by atoms with van der Waals surface area (Å²) in [6.45, 7) is 4.60. The molecule has 0 bridgehead atoms. The lowest BCUT2D eigenvalue weighted by Gasteiger charge is -2.35. The Kier molecular flexibility index (Phi) is 6.16. The third-order valence-electron chi connectivity index (χ3n) is 4.87. The van der Waals surface area contributed by atoms with Gasteiger partial charge in [-0.1, -0.05) is 29.3 Å². The van der Waals surface area contributed by atoms with Gasteiger partial charge in [0.2, 0.25) is 0 Å². The first-order valence-corrected chi connectivity index (χ1v) is 9.30. The molecule has 5 heteroatoms. The summed E-state index contributed by atoms with van der Waals surface area (Å²) in [5.41, 5.74) is 2.38. The maximum atomic E-state index is 12.3. The van der Waals surface area contributed by atoms with Crippen LogP contribution in [0.2, 0.25) is 5.02 Å². The van der Waals surface area contributed by atoms with Crippen LogP contribution in [0.4, 0.5) is 10.5 Å². The van der Waals surface area contributed by atoms with E-state index in [1.165, 1.54) is 32.1 Å². The van der Waals surface area contributed by atoms with Gasteiger partial charge in [0.15, 0.2) is 0 Å². The lowest BCUT2D eigenvalue weighted by molar-refractivity contribution is 0.148. The minimum Gasteiger partial charge on any atom is -0.322 e. The Bertz CT molecular complexity index is 594. The molecule has 4 nitrogen and oxygen atoms in total. The summed E-state index contributed by atoms with van der Waals surface area (Å²) in [7, 11) is 0. The zero-order valence-electron chi connectivity index (χ0n) is 14.1. The van der Waals surface area contributed by atoms with Crippen LogP contribution in [0.3, 0.4) is 0 Å². The highest BCUT2D eigenvalue weighted by Gasteiger charge is 2.21. The van der Waals surface area contributed by atoms with E-state index in [0.717, 1.165) is 38.4 Å². The van der Waals surface area contributed by atoms with Gasteiger partial charge in [-0.15, -0.1) is 0 Å². The Labute approximate surface area is 149 Å². The standard InChI is InChI=1S/C19H26ClN3O/c20-17-7-4-8-18(15-17)21-19(24)23-13-11-22(12-14-23)10-9-16-5-2-1-3-6-16/h4-5,7-8,15H,1-3,6,9-14H2,(H,21,24). The van der Waals surface area contributed by atoms with Gasteiger partial charge in [-0.2, -0.15) is 0 Å². The molecule has 1 aliphatic heterocycles. The molecule has 1 aliphatic carbocycles. The summed E-state index contributed by atoms with van der Waals surface area (Å²) < 4.78 is 0. The molecule has 1 heterocycles. The number of amides is 2. The van der Waals surface area contributed by atoms with E-state index in [9.17, 15) is 4.79 Å². The molecule has 130 valence electrons. The van der Waals surface area contributed by atoms with Gasteiger partial charge in [0.1, 0.15) is 0 Å². The third-order valence-corrected chi connectivity index (χ3v) is 5.10. The molecule has 3 rings (SSSR count). The minimum absolute atomic E-state index is 0.0353. The number of piperazine rings is 1. The fourth-order valence-corrected chi connectivity index (χ4v) is 3.57. The topological polar surface area (TPSA) is 35.6 Å². The molecule has 0 spiro atoms. The van der Waals surface area contributed by atoms with Crippen molar-refractivity contribution in [1.82, 2.24) is 9.80 Å². The van der Waals surface area contributed by atoms with Crippen LogP contribution in [0.25, 0.3) is 0 Å². The van der Waals surface area contributed by atoms with Crippen molar-refractivity contribution in [3.05, 3.63) is 40.9 Å². The first-order chi connectivity index (χ1) is 11.7. The van der Waals surface area contributed by atoms with E-state index in [0.29, 0.717) is 5.02 Å². The molecule has 1 aromatic carbocycles. The molecule has 1 fully saturated rings. The van der Waals surface area contributed by atoms with Gasteiger partial charge in [0.05, 0.1) is 0 Å². The SMILES string of the molecule is O=C(Nc1cccc(Cl)c1)N1CCN(CCC2=CCCCC2)CC1. The lowest BCUT2D eigenvalue weighted by atomic mass is 9.97. The highest BCUT2D eigenvalue weighted by molar-refractivity contribution is 6.30. The van der Waals surface area contributed by atoms with E-state index < -0.39 is 0 Å². The van der Waals surface area contributed by atoms with E-state index in [1.54, 1.807) is 17.7 Å². The second kappa shape index (κ2) is 8.54. The molecular weight excluding hydrogens is 322 g/mol. The second-order valence-corrected chi connectivity index (χ2v) is 7.06. The minimum atomic E-state index is -0.0353. The van der Waals surface area contributed by atoms with Crippen molar-refractivity contribution in [2.75, 3.05) is 38.0 Å². The number of halogens is 1. The number of allylic oxidation sites excluding steroid dienone is 1. The number of benzene rings is 1. The van der Waals surface area contributed by atoms with Gasteiger partial charge >= 0.3 is 6.03 Å². The van der Waals surface area contributed by atoms with Crippen molar-refractivity contribution in [2.45, 2.75) is 32.1 Å². The number of hydrogen-bond acceptors (Lipinski definition) is 2. The van der Waals surface area contributed by atoms with Crippen LogP contribution in [0.1, 0.15) is 32.1 Å². The van der Waals surface area contributed by atoms with Gasteiger partial charge in [-0.25, -0.2) is 4.79 Å². The summed E-state index contributed by atoms with van der Waals surface area (Å²) in [5.74, 6) is 0. The zero-order valence-corrected chi connectivity index (χ0v) is 14.9. The van der Waals surface area contributed by atoms with Crippen LogP contribution in [0.5, 0.6) is 0 Å². The fourth-order valence-electron chi connectivity index (χ4n) is 3.38. The van der Waals surface area contributed by atoms with Gasteiger partial charge < -0.3 is 10.2 Å². The number of urea groups is 1. The molecule has 0 radical (unpaired) electrons. The highest BCUT2D eigenvalue weighted by atomic mass is 35.5. The van der Waals surface area contributed by atoms with Gasteiger partial charge in [0.25, 0.3) is 0 Å². The molecule has 1 aromatic rings. The van der Waals surface area contributed by atoms with Gasteiger partial charge in [-0.3, -0.25) is 4.90 Å². The third kappa shape index (κ3) is 4.99. The number of nitrogens with one attached hydrogen (secondary N) is 1. The smallest absolute Gasteiger partial charge is 0.321 e. The molecule has 1 N–H and O–H groups in total. The van der Waals surface area contributed by atoms with Crippen molar-refractivity contribution in [1.29, 1.82) is 0 Å². The molecule has 0 atom stereocenters. The molecule has 0 aromatic heterocycles. The van der Waals surface area contributed by atoms with Crippen LogP contribution in [-0.4, -0.2) is 48.6 Å². The van der Waals surface area contributed by atoms with Gasteiger partial charge in [0, 0.05) is 43.4 Å². The monoisotopic (exact) mass is 347 g/mol. The van der Waals surface area contributed by atoms with E-state index in [1.807, 2.05) is 17.0 Å². The number of hydrogen-bond donors (Lipinski definition) is 1. The first kappa shape index (κ1) is 17.3. The van der Waals surface area contributed by atoms with E-state index in [4.69, 9.17) is 11.6 Å². The van der Waals surface area contributed by atoms with E-state index in [2.05, 4.69) is 16.3 Å². The predicted molar refractivity (Wildman–Crippen MR) is 99.7 cm³/mol. The maximum Gasteiger partial charge on any atom is 0.321 e. The van der Waals surface area contributed by atoms with E-state index in [-0.39, 0.29) is 6.03 Å². The largest absolute Gasteiger partial charge is 0.322 e. The Morgan fingerprint density at radius 1 is 1.17 bits per heavy atom. The highest BCUT2D eigenvalue weighted by Crippen LogP contribution is 2.21. The Balaban J connectivity index is 1.41. The number of nitrogens with zero attached hydrogens (tertiary/aromatic N) is 2. The fraction of sp³-hybridized carbons (Fsp3) is 0.526. The van der Waals surface area contributed by atoms with Crippen molar-refractivity contribution in [3.63, 3.8) is 0 Å². The van der Waals surface area contributed by atoms with E-state index >= 15 is 0 Å². The van der Waals surface area contributed by atoms with Crippen molar-refractivity contribution < 1.29 is 4.79 Å². The normalized spacial score (nSPS) is 19.0. The first-order valence-electron chi connectivity index (χ1n) is 8.92. The molecular formula is C19H26ClN3O. The quantitative estimate of drug-likeness (QED) is 0.820. The van der Waals surface area contributed by atoms with Crippen LogP contribution in [0.15, 0.2) is 35.9 Å². The van der Waals surface area contributed by atoms with Crippen molar-refractivity contribution in [3.8, 4) is 0 Å². The predicted octanol–water partition coefficient (Wildman–Crippen LogP) is 4.38. The summed E-state index contributed by atoms with van der Waals surface area (Å²) in [5, 5.41) is 3.56. The number of anilines is 1. The Hall–Kier alpha value is -1.52. The lowest BCUT2D eigenvalue weighted by Crippen LogP contribution is -2.50. The molecule has 2 amide bonds. The summed E-state index contributed by atoms with van der Waals surface area (Å²) in [6.07, 6.45) is 8.86. The van der Waals surface area contributed by atoms with Crippen LogP contribution in [0, 0.1) is 0 Å². The zero-order chi connectivity index (χ0) is 16.8. The molecule has 0 saturated carbocycles. The Morgan fingerprint density at radius 2 is 2.00 bits per heavy atom. The van der Waals surface area contributed by atoms with Crippen molar-refractivity contribution in [2.24, 2.45) is 0 Å². The Morgan fingerprint density at radius 3 is 2.71 bits per heavy atom. The molecule has 2 aliphatic rings. The van der Waals surface area contributed by atoms with Crippen molar-refractivity contribution >= 4 is 23.3 Å². The van der Waals surface area contributed by atoms with Crippen LogP contribution >= 0.6 is 11.6 Å². The summed E-state index contributed by atoms with van der Waals surface area (Å²) in [4.78, 5) is 16.7. The average molecular weight is 348 g/mol. The number of rotatable bonds is 4. The number of carbonyl (C=O) groups excluding carboxylic acids is 1. The molecule has 1 saturated heterocycles. The maximum absolute atomic E-state index is 12.3. The summed E-state index contributed by atoms with van der Waals surface area (Å²) >= 11 is 5.96. The molecule has 24 heavy (non-hydrogen) atoms.